The maximum atomic E-state index is 13.2. The first-order valence-electron chi connectivity index (χ1n) is 8.36. The van der Waals surface area contributed by atoms with Gasteiger partial charge in [0.25, 0.3) is 5.91 Å². The van der Waals surface area contributed by atoms with E-state index >= 15 is 0 Å². The second-order valence-corrected chi connectivity index (χ2v) is 6.41. The summed E-state index contributed by atoms with van der Waals surface area (Å²) >= 11 is 5.41. The highest BCUT2D eigenvalue weighted by atomic mass is 32.1. The number of hydrogen-bond acceptors (Lipinski definition) is 4. The fourth-order valence-corrected chi connectivity index (χ4v) is 3.22. The van der Waals surface area contributed by atoms with Gasteiger partial charge in [-0.25, -0.2) is 4.39 Å². The van der Waals surface area contributed by atoms with Gasteiger partial charge in [0.2, 0.25) is 0 Å². The zero-order valence-electron chi connectivity index (χ0n) is 14.9. The van der Waals surface area contributed by atoms with E-state index in [2.05, 4.69) is 0 Å². The number of halogens is 1. The molecule has 2 aromatic carbocycles. The Kier molecular flexibility index (Phi) is 5.70. The van der Waals surface area contributed by atoms with Gasteiger partial charge in [0.15, 0.2) is 5.11 Å². The third kappa shape index (κ3) is 4.01. The standard InChI is InChI=1S/C20H17FN2O4S/c1-27-16-8-2-13(3-9-16)10-11-22-17(12-18(24)25)19(26)23(20(22)28)15-6-4-14(21)5-7-15/h2-11,17H,12H2,1H3,(H,24,25)/b11-10+. The van der Waals surface area contributed by atoms with E-state index in [0.29, 0.717) is 11.4 Å². The highest BCUT2D eigenvalue weighted by Gasteiger charge is 2.43. The molecule has 1 fully saturated rings. The molecular formula is C20H17FN2O4S. The Hall–Kier alpha value is -3.26. The first-order valence-corrected chi connectivity index (χ1v) is 8.77. The molecule has 2 aromatic rings. The van der Waals surface area contributed by atoms with Crippen LogP contribution < -0.4 is 9.64 Å². The fourth-order valence-electron chi connectivity index (χ4n) is 2.84. The highest BCUT2D eigenvalue weighted by Crippen LogP contribution is 2.28. The number of hydrogen-bond donors (Lipinski definition) is 1. The van der Waals surface area contributed by atoms with Gasteiger partial charge in [-0.2, -0.15) is 0 Å². The van der Waals surface area contributed by atoms with E-state index in [1.54, 1.807) is 31.5 Å². The van der Waals surface area contributed by atoms with Gasteiger partial charge in [0, 0.05) is 6.20 Å². The molecule has 1 atom stereocenters. The van der Waals surface area contributed by atoms with Crippen molar-refractivity contribution in [3.05, 3.63) is 66.1 Å². The monoisotopic (exact) mass is 400 g/mol. The Morgan fingerprint density at radius 2 is 1.86 bits per heavy atom. The number of thiocarbonyl (C=S) groups is 1. The van der Waals surface area contributed by atoms with Crippen molar-refractivity contribution in [3.8, 4) is 5.75 Å². The number of amides is 1. The average Bonchev–Trinajstić information content (AvgIpc) is 2.90. The molecule has 0 radical (unpaired) electrons. The molecule has 6 nitrogen and oxygen atoms in total. The molecule has 1 saturated heterocycles. The third-order valence-corrected chi connectivity index (χ3v) is 4.64. The van der Waals surface area contributed by atoms with Crippen LogP contribution in [0.5, 0.6) is 5.75 Å². The number of rotatable bonds is 6. The summed E-state index contributed by atoms with van der Waals surface area (Å²) in [7, 11) is 1.57. The molecule has 8 heteroatoms. The first kappa shape index (κ1) is 19.5. The number of anilines is 1. The van der Waals surface area contributed by atoms with Gasteiger partial charge in [0.1, 0.15) is 17.6 Å². The van der Waals surface area contributed by atoms with Crippen molar-refractivity contribution in [1.29, 1.82) is 0 Å². The third-order valence-electron chi connectivity index (χ3n) is 4.25. The molecule has 1 heterocycles. The predicted molar refractivity (Wildman–Crippen MR) is 106 cm³/mol. The molecule has 1 amide bonds. The number of methoxy groups -OCH3 is 1. The Bertz CT molecular complexity index is 928. The minimum absolute atomic E-state index is 0.132. The average molecular weight is 400 g/mol. The summed E-state index contributed by atoms with van der Waals surface area (Å²) in [4.78, 5) is 26.8. The Morgan fingerprint density at radius 1 is 1.21 bits per heavy atom. The molecule has 0 aliphatic carbocycles. The van der Waals surface area contributed by atoms with E-state index in [1.165, 1.54) is 34.1 Å². The SMILES string of the molecule is COc1ccc(/C=C/N2C(=S)N(c3ccc(F)cc3)C(=O)C2CC(=O)O)cc1. The molecule has 144 valence electrons. The van der Waals surface area contributed by atoms with Crippen LogP contribution >= 0.6 is 12.2 Å². The Labute approximate surface area is 166 Å². The number of nitrogens with zero attached hydrogens (tertiary/aromatic N) is 2. The van der Waals surface area contributed by atoms with Crippen molar-refractivity contribution >= 4 is 41.0 Å². The maximum absolute atomic E-state index is 13.2. The van der Waals surface area contributed by atoms with Crippen molar-refractivity contribution in [2.75, 3.05) is 12.0 Å². The molecule has 1 unspecified atom stereocenters. The molecule has 1 N–H and O–H groups in total. The van der Waals surface area contributed by atoms with Crippen LogP contribution in [0.15, 0.2) is 54.7 Å². The summed E-state index contributed by atoms with van der Waals surface area (Å²) < 4.78 is 18.3. The topological polar surface area (TPSA) is 70.1 Å². The van der Waals surface area contributed by atoms with Gasteiger partial charge < -0.3 is 14.7 Å². The molecule has 3 rings (SSSR count). The lowest BCUT2D eigenvalue weighted by Crippen LogP contribution is -2.33. The lowest BCUT2D eigenvalue weighted by Gasteiger charge is -2.19. The van der Waals surface area contributed by atoms with E-state index in [1.807, 2.05) is 12.1 Å². The highest BCUT2D eigenvalue weighted by molar-refractivity contribution is 7.80. The summed E-state index contributed by atoms with van der Waals surface area (Å²) in [5.74, 6) is -1.33. The number of carboxylic acids is 1. The van der Waals surface area contributed by atoms with Gasteiger partial charge in [-0.05, 0) is 60.3 Å². The van der Waals surface area contributed by atoms with Crippen LogP contribution in [0.2, 0.25) is 0 Å². The maximum Gasteiger partial charge on any atom is 0.306 e. The second kappa shape index (κ2) is 8.18. The van der Waals surface area contributed by atoms with Gasteiger partial charge in [0.05, 0.1) is 19.2 Å². The minimum atomic E-state index is -1.12. The van der Waals surface area contributed by atoms with E-state index in [4.69, 9.17) is 17.0 Å². The van der Waals surface area contributed by atoms with Crippen molar-refractivity contribution in [3.63, 3.8) is 0 Å². The predicted octanol–water partition coefficient (Wildman–Crippen LogP) is 3.28. The second-order valence-electron chi connectivity index (χ2n) is 6.04. The summed E-state index contributed by atoms with van der Waals surface area (Å²) in [5.41, 5.74) is 1.21. The summed E-state index contributed by atoms with van der Waals surface area (Å²) in [6, 6.07) is 11.5. The number of aliphatic carboxylic acids is 1. The smallest absolute Gasteiger partial charge is 0.306 e. The summed E-state index contributed by atoms with van der Waals surface area (Å²) in [6.45, 7) is 0. The molecular weight excluding hydrogens is 383 g/mol. The summed E-state index contributed by atoms with van der Waals surface area (Å²) in [6.07, 6.45) is 2.89. The van der Waals surface area contributed by atoms with Crippen LogP contribution in [0.4, 0.5) is 10.1 Å². The van der Waals surface area contributed by atoms with Crippen molar-refractivity contribution in [2.24, 2.45) is 0 Å². The largest absolute Gasteiger partial charge is 0.497 e. The van der Waals surface area contributed by atoms with Crippen molar-refractivity contribution < 1.29 is 23.8 Å². The fraction of sp³-hybridized carbons (Fsp3) is 0.150. The molecule has 0 saturated carbocycles. The number of carbonyl (C=O) groups excluding carboxylic acids is 1. The van der Waals surface area contributed by atoms with Gasteiger partial charge in [-0.3, -0.25) is 14.5 Å². The number of carboxylic acid groups (broad SMARTS) is 1. The Morgan fingerprint density at radius 3 is 2.43 bits per heavy atom. The lowest BCUT2D eigenvalue weighted by molar-refractivity contribution is -0.139. The molecule has 0 spiro atoms. The van der Waals surface area contributed by atoms with Crippen molar-refractivity contribution in [1.82, 2.24) is 4.90 Å². The zero-order valence-corrected chi connectivity index (χ0v) is 15.7. The van der Waals surface area contributed by atoms with Gasteiger partial charge >= 0.3 is 5.97 Å². The van der Waals surface area contributed by atoms with Crippen LogP contribution in [0.3, 0.4) is 0 Å². The minimum Gasteiger partial charge on any atom is -0.497 e. The van der Waals surface area contributed by atoms with E-state index in [-0.39, 0.29) is 5.11 Å². The van der Waals surface area contributed by atoms with Crippen LogP contribution in [-0.4, -0.2) is 40.1 Å². The molecule has 28 heavy (non-hydrogen) atoms. The lowest BCUT2D eigenvalue weighted by atomic mass is 10.1. The molecule has 1 aliphatic rings. The first-order chi connectivity index (χ1) is 13.4. The number of benzene rings is 2. The van der Waals surface area contributed by atoms with Crippen LogP contribution in [0, 0.1) is 5.82 Å². The number of carbonyl (C=O) groups is 2. The normalized spacial score (nSPS) is 16.9. The van der Waals surface area contributed by atoms with E-state index in [0.717, 1.165) is 5.56 Å². The summed E-state index contributed by atoms with van der Waals surface area (Å²) in [5, 5.41) is 9.34. The van der Waals surface area contributed by atoms with Gasteiger partial charge in [-0.15, -0.1) is 0 Å². The van der Waals surface area contributed by atoms with Crippen molar-refractivity contribution in [2.45, 2.75) is 12.5 Å². The van der Waals surface area contributed by atoms with E-state index in [9.17, 15) is 19.1 Å². The molecule has 1 aliphatic heterocycles. The van der Waals surface area contributed by atoms with Crippen LogP contribution in [-0.2, 0) is 9.59 Å². The number of ether oxygens (including phenoxy) is 1. The quantitative estimate of drug-likeness (QED) is 0.751. The van der Waals surface area contributed by atoms with Crippen LogP contribution in [0.1, 0.15) is 12.0 Å². The van der Waals surface area contributed by atoms with Gasteiger partial charge in [-0.1, -0.05) is 12.1 Å². The van der Waals surface area contributed by atoms with E-state index < -0.39 is 30.2 Å². The van der Waals surface area contributed by atoms with Crippen LogP contribution in [0.25, 0.3) is 6.08 Å². The Balaban J connectivity index is 1.90. The molecule has 0 bridgehead atoms. The zero-order chi connectivity index (χ0) is 20.3. The molecule has 0 aromatic heterocycles.